The van der Waals surface area contributed by atoms with Gasteiger partial charge in [-0.2, -0.15) is 0 Å². The summed E-state index contributed by atoms with van der Waals surface area (Å²) in [6.07, 6.45) is 3.02. The second-order valence-electron chi connectivity index (χ2n) is 9.20. The number of fused-ring (bicyclic) bond motifs is 5. The third kappa shape index (κ3) is 2.95. The van der Waals surface area contributed by atoms with Gasteiger partial charge in [0.25, 0.3) is 0 Å². The molecular weight excluding hydrogens is 358 g/mol. The molecule has 148 valence electrons. The van der Waals surface area contributed by atoms with Crippen molar-refractivity contribution in [1.82, 2.24) is 0 Å². The lowest BCUT2D eigenvalue weighted by molar-refractivity contribution is -0.129. The third-order valence-electron chi connectivity index (χ3n) is 6.44. The standard InChI is InChI=1S/C22H25NO5/c1-22(2,3)16(24)11-28-21(27)14-5-4-6-15(10-14)23-19(25)17-12-7-8-13(9-12)18(17)20(23)26/h4-6,10,12-13,17-18H,7-9,11H2,1-3H3/t12-,13-,17-,18+/m0/s1. The fourth-order valence-corrected chi connectivity index (χ4v) is 4.87. The number of benzene rings is 1. The van der Waals surface area contributed by atoms with Crippen molar-refractivity contribution in [2.24, 2.45) is 29.1 Å². The number of rotatable bonds is 4. The molecule has 0 unspecified atom stereocenters. The molecule has 2 saturated carbocycles. The number of nitrogens with zero attached hydrogens (tertiary/aromatic N) is 1. The lowest BCUT2D eigenvalue weighted by Crippen LogP contribution is -2.33. The first-order chi connectivity index (χ1) is 13.2. The van der Waals surface area contributed by atoms with E-state index in [0.717, 1.165) is 19.3 Å². The summed E-state index contributed by atoms with van der Waals surface area (Å²) in [4.78, 5) is 51.4. The average Bonchev–Trinajstić information content (AvgIpc) is 3.32. The molecule has 28 heavy (non-hydrogen) atoms. The predicted octanol–water partition coefficient (Wildman–Crippen LogP) is 2.99. The van der Waals surface area contributed by atoms with Gasteiger partial charge in [0.1, 0.15) is 0 Å². The van der Waals surface area contributed by atoms with Gasteiger partial charge in [0, 0.05) is 5.41 Å². The molecule has 1 aromatic rings. The lowest BCUT2D eigenvalue weighted by atomic mass is 9.81. The molecule has 1 aromatic carbocycles. The summed E-state index contributed by atoms with van der Waals surface area (Å²) in [5.41, 5.74) is 0.0356. The van der Waals surface area contributed by atoms with Crippen LogP contribution >= 0.6 is 0 Å². The Morgan fingerprint density at radius 3 is 2.25 bits per heavy atom. The molecule has 4 rings (SSSR count). The van der Waals surface area contributed by atoms with E-state index in [4.69, 9.17) is 4.74 Å². The van der Waals surface area contributed by atoms with Gasteiger partial charge in [-0.3, -0.25) is 19.3 Å². The molecule has 0 radical (unpaired) electrons. The summed E-state index contributed by atoms with van der Waals surface area (Å²) < 4.78 is 5.13. The Balaban J connectivity index is 1.51. The highest BCUT2D eigenvalue weighted by atomic mass is 16.5. The van der Waals surface area contributed by atoms with Gasteiger partial charge < -0.3 is 4.74 Å². The minimum absolute atomic E-state index is 0.143. The maximum Gasteiger partial charge on any atom is 0.338 e. The maximum absolute atomic E-state index is 12.9. The van der Waals surface area contributed by atoms with Crippen molar-refractivity contribution in [1.29, 1.82) is 0 Å². The van der Waals surface area contributed by atoms with Crippen molar-refractivity contribution in [2.45, 2.75) is 40.0 Å². The zero-order chi connectivity index (χ0) is 20.2. The number of ether oxygens (including phenoxy) is 1. The van der Waals surface area contributed by atoms with Crippen LogP contribution in [0.3, 0.4) is 0 Å². The van der Waals surface area contributed by atoms with E-state index in [-0.39, 0.29) is 41.6 Å². The molecule has 3 aliphatic rings. The summed E-state index contributed by atoms with van der Waals surface area (Å²) in [6.45, 7) is 4.98. The Labute approximate surface area is 164 Å². The smallest absolute Gasteiger partial charge is 0.338 e. The number of imide groups is 1. The highest BCUT2D eigenvalue weighted by Crippen LogP contribution is 2.56. The summed E-state index contributed by atoms with van der Waals surface area (Å²) >= 11 is 0. The van der Waals surface area contributed by atoms with Crippen LogP contribution in [0.2, 0.25) is 0 Å². The number of amides is 2. The molecule has 2 aliphatic carbocycles. The topological polar surface area (TPSA) is 80.8 Å². The van der Waals surface area contributed by atoms with Crippen molar-refractivity contribution in [3.8, 4) is 0 Å². The number of esters is 1. The van der Waals surface area contributed by atoms with E-state index in [1.807, 2.05) is 0 Å². The molecular formula is C22H25NO5. The zero-order valence-corrected chi connectivity index (χ0v) is 16.4. The Hall–Kier alpha value is -2.50. The number of hydrogen-bond donors (Lipinski definition) is 0. The average molecular weight is 383 g/mol. The van der Waals surface area contributed by atoms with Crippen LogP contribution in [0.4, 0.5) is 5.69 Å². The molecule has 0 aromatic heterocycles. The number of carbonyl (C=O) groups is 4. The lowest BCUT2D eigenvalue weighted by Gasteiger charge is -2.19. The Kier molecular flexibility index (Phi) is 4.40. The normalized spacial score (nSPS) is 28.6. The van der Waals surface area contributed by atoms with Gasteiger partial charge in [0.15, 0.2) is 12.4 Å². The van der Waals surface area contributed by atoms with Gasteiger partial charge in [-0.15, -0.1) is 0 Å². The van der Waals surface area contributed by atoms with E-state index >= 15 is 0 Å². The molecule has 1 heterocycles. The van der Waals surface area contributed by atoms with Crippen LogP contribution < -0.4 is 4.90 Å². The summed E-state index contributed by atoms with van der Waals surface area (Å²) in [7, 11) is 0. The molecule has 1 aliphatic heterocycles. The van der Waals surface area contributed by atoms with Gasteiger partial charge in [-0.05, 0) is 49.3 Å². The van der Waals surface area contributed by atoms with E-state index in [0.29, 0.717) is 17.5 Å². The Morgan fingerprint density at radius 2 is 1.68 bits per heavy atom. The van der Waals surface area contributed by atoms with Crippen molar-refractivity contribution in [3.63, 3.8) is 0 Å². The monoisotopic (exact) mass is 383 g/mol. The summed E-state index contributed by atoms with van der Waals surface area (Å²) in [6, 6.07) is 6.35. The first-order valence-electron chi connectivity index (χ1n) is 9.87. The molecule has 3 fully saturated rings. The van der Waals surface area contributed by atoms with Crippen LogP contribution in [0.25, 0.3) is 0 Å². The van der Waals surface area contributed by atoms with Gasteiger partial charge in [-0.25, -0.2) is 4.79 Å². The van der Waals surface area contributed by atoms with Gasteiger partial charge in [0.05, 0.1) is 23.1 Å². The second kappa shape index (κ2) is 6.54. The molecule has 6 nitrogen and oxygen atoms in total. The minimum Gasteiger partial charge on any atom is -0.454 e. The van der Waals surface area contributed by atoms with Crippen LogP contribution in [0, 0.1) is 29.1 Å². The molecule has 0 N–H and O–H groups in total. The number of hydrogen-bond acceptors (Lipinski definition) is 5. The van der Waals surface area contributed by atoms with Crippen LogP contribution in [-0.2, 0) is 19.1 Å². The predicted molar refractivity (Wildman–Crippen MR) is 101 cm³/mol. The maximum atomic E-state index is 12.9. The van der Waals surface area contributed by atoms with E-state index in [1.54, 1.807) is 39.0 Å². The molecule has 2 amide bonds. The van der Waals surface area contributed by atoms with Gasteiger partial charge in [-0.1, -0.05) is 26.8 Å². The van der Waals surface area contributed by atoms with E-state index in [9.17, 15) is 19.2 Å². The zero-order valence-electron chi connectivity index (χ0n) is 16.4. The highest BCUT2D eigenvalue weighted by Gasteiger charge is 2.61. The third-order valence-corrected chi connectivity index (χ3v) is 6.44. The first-order valence-corrected chi connectivity index (χ1v) is 9.87. The number of carbonyl (C=O) groups excluding carboxylic acids is 4. The molecule has 1 saturated heterocycles. The minimum atomic E-state index is -0.640. The fraction of sp³-hybridized carbons (Fsp3) is 0.545. The SMILES string of the molecule is CC(C)(C)C(=O)COC(=O)c1cccc(N2C(=O)[C@@H]3[C@H]4CC[C@@H](C4)[C@@H]3C2=O)c1. The second-order valence-corrected chi connectivity index (χ2v) is 9.20. The van der Waals surface area contributed by atoms with Crippen molar-refractivity contribution >= 4 is 29.3 Å². The van der Waals surface area contributed by atoms with Crippen LogP contribution in [0.1, 0.15) is 50.4 Å². The largest absolute Gasteiger partial charge is 0.454 e. The molecule has 0 spiro atoms. The van der Waals surface area contributed by atoms with Crippen molar-refractivity contribution in [3.05, 3.63) is 29.8 Å². The Bertz CT molecular complexity index is 840. The van der Waals surface area contributed by atoms with Gasteiger partial charge >= 0.3 is 5.97 Å². The van der Waals surface area contributed by atoms with Crippen LogP contribution in [0.15, 0.2) is 24.3 Å². The summed E-state index contributed by atoms with van der Waals surface area (Å²) in [5.74, 6) is -0.881. The quantitative estimate of drug-likeness (QED) is 0.590. The molecule has 4 atom stereocenters. The number of anilines is 1. The van der Waals surface area contributed by atoms with Crippen molar-refractivity contribution < 1.29 is 23.9 Å². The number of Topliss-reactive ketones (excluding diaryl/α,β-unsaturated/α-hetero) is 1. The molecule has 2 bridgehead atoms. The van der Waals surface area contributed by atoms with Crippen LogP contribution in [0.5, 0.6) is 0 Å². The molecule has 6 heteroatoms. The van der Waals surface area contributed by atoms with Crippen LogP contribution in [-0.4, -0.2) is 30.2 Å². The summed E-state index contributed by atoms with van der Waals surface area (Å²) in [5, 5.41) is 0. The van der Waals surface area contributed by atoms with Crippen molar-refractivity contribution in [2.75, 3.05) is 11.5 Å². The van der Waals surface area contributed by atoms with E-state index in [1.165, 1.54) is 11.0 Å². The first kappa shape index (κ1) is 18.8. The van der Waals surface area contributed by atoms with E-state index < -0.39 is 11.4 Å². The van der Waals surface area contributed by atoms with E-state index in [2.05, 4.69) is 0 Å². The van der Waals surface area contributed by atoms with Gasteiger partial charge in [0.2, 0.25) is 11.8 Å². The number of ketones is 1. The Morgan fingerprint density at radius 1 is 1.07 bits per heavy atom. The highest BCUT2D eigenvalue weighted by molar-refractivity contribution is 6.22. The fourth-order valence-electron chi connectivity index (χ4n) is 4.87.